The van der Waals surface area contributed by atoms with Crippen LogP contribution in [0.15, 0.2) is 0 Å². The third-order valence-corrected chi connectivity index (χ3v) is 4.80. The summed E-state index contributed by atoms with van der Waals surface area (Å²) in [5.74, 6) is 3.22. The average molecular weight is 238 g/mol. The predicted octanol–water partition coefficient (Wildman–Crippen LogP) is 6.20. The number of unbranched alkanes of at least 4 members (excludes halogenated alkanes) is 2. The van der Waals surface area contributed by atoms with Gasteiger partial charge in [-0.3, -0.25) is 0 Å². The van der Waals surface area contributed by atoms with Gasteiger partial charge in [0.2, 0.25) is 0 Å². The van der Waals surface area contributed by atoms with Gasteiger partial charge in [-0.1, -0.05) is 78.6 Å². The molecule has 17 heavy (non-hydrogen) atoms. The Morgan fingerprint density at radius 2 is 1.35 bits per heavy atom. The van der Waals surface area contributed by atoms with Crippen molar-refractivity contribution in [3.8, 4) is 0 Å². The van der Waals surface area contributed by atoms with E-state index in [-0.39, 0.29) is 0 Å². The Bertz CT molecular complexity index is 173. The Hall–Kier alpha value is 0. The zero-order chi connectivity index (χ0) is 12.5. The van der Waals surface area contributed by atoms with E-state index in [0.29, 0.717) is 0 Å². The number of hydrogen-bond acceptors (Lipinski definition) is 0. The Labute approximate surface area is 110 Å². The summed E-state index contributed by atoms with van der Waals surface area (Å²) in [5.41, 5.74) is 0. The highest BCUT2D eigenvalue weighted by Gasteiger charge is 2.28. The van der Waals surface area contributed by atoms with Gasteiger partial charge in [0.05, 0.1) is 0 Å². The third-order valence-electron chi connectivity index (χ3n) is 4.80. The van der Waals surface area contributed by atoms with Gasteiger partial charge >= 0.3 is 0 Å². The lowest BCUT2D eigenvalue weighted by molar-refractivity contribution is 0.149. The number of rotatable bonds is 8. The minimum Gasteiger partial charge on any atom is -0.0654 e. The van der Waals surface area contributed by atoms with Gasteiger partial charge in [0.1, 0.15) is 0 Å². The van der Waals surface area contributed by atoms with E-state index >= 15 is 0 Å². The highest BCUT2D eigenvalue weighted by molar-refractivity contribution is 4.80. The van der Waals surface area contributed by atoms with E-state index in [4.69, 9.17) is 0 Å². The molecule has 0 aliphatic heterocycles. The zero-order valence-electron chi connectivity index (χ0n) is 12.5. The summed E-state index contributed by atoms with van der Waals surface area (Å²) in [6, 6.07) is 0. The van der Waals surface area contributed by atoms with Crippen LogP contribution in [0.3, 0.4) is 0 Å². The standard InChI is InChI=1S/C17H34/c1-4-7-10-16-13-12-15(9-6-3)14-17(16)11-8-5-2/h15-17H,4-14H2,1-3H3. The molecule has 0 bridgehead atoms. The van der Waals surface area contributed by atoms with Crippen molar-refractivity contribution in [2.45, 2.75) is 91.4 Å². The van der Waals surface area contributed by atoms with Crippen LogP contribution in [0.2, 0.25) is 0 Å². The molecule has 3 atom stereocenters. The summed E-state index contributed by atoms with van der Waals surface area (Å²) < 4.78 is 0. The molecule has 0 amide bonds. The first-order valence-corrected chi connectivity index (χ1v) is 8.31. The molecule has 0 spiro atoms. The largest absolute Gasteiger partial charge is 0.0654 e. The van der Waals surface area contributed by atoms with Crippen molar-refractivity contribution >= 4 is 0 Å². The fourth-order valence-electron chi connectivity index (χ4n) is 3.76. The molecule has 1 saturated carbocycles. The van der Waals surface area contributed by atoms with Gasteiger partial charge in [0.25, 0.3) is 0 Å². The van der Waals surface area contributed by atoms with Crippen molar-refractivity contribution in [1.82, 2.24) is 0 Å². The van der Waals surface area contributed by atoms with Crippen molar-refractivity contribution in [2.75, 3.05) is 0 Å². The maximum atomic E-state index is 2.35. The molecule has 0 aromatic carbocycles. The summed E-state index contributed by atoms with van der Waals surface area (Å²) in [7, 11) is 0. The monoisotopic (exact) mass is 238 g/mol. The van der Waals surface area contributed by atoms with Crippen LogP contribution in [0.1, 0.15) is 91.4 Å². The first-order valence-electron chi connectivity index (χ1n) is 8.31. The lowest BCUT2D eigenvalue weighted by Gasteiger charge is -2.36. The second-order valence-electron chi connectivity index (χ2n) is 6.27. The van der Waals surface area contributed by atoms with E-state index in [1.807, 2.05) is 0 Å². The molecule has 0 aromatic heterocycles. The Balaban J connectivity index is 2.40. The van der Waals surface area contributed by atoms with Crippen molar-refractivity contribution < 1.29 is 0 Å². The summed E-state index contributed by atoms with van der Waals surface area (Å²) in [6.07, 6.45) is 16.2. The first-order chi connectivity index (χ1) is 8.31. The van der Waals surface area contributed by atoms with Crippen LogP contribution in [0.25, 0.3) is 0 Å². The molecular weight excluding hydrogens is 204 g/mol. The molecule has 0 heteroatoms. The molecule has 0 N–H and O–H groups in total. The van der Waals surface area contributed by atoms with E-state index in [0.717, 1.165) is 17.8 Å². The molecule has 1 fully saturated rings. The van der Waals surface area contributed by atoms with Crippen molar-refractivity contribution in [3.05, 3.63) is 0 Å². The lowest BCUT2D eigenvalue weighted by Crippen LogP contribution is -2.25. The summed E-state index contributed by atoms with van der Waals surface area (Å²) in [5, 5.41) is 0. The minimum atomic E-state index is 1.07. The van der Waals surface area contributed by atoms with Crippen LogP contribution in [-0.2, 0) is 0 Å². The van der Waals surface area contributed by atoms with Crippen LogP contribution < -0.4 is 0 Å². The van der Waals surface area contributed by atoms with Gasteiger partial charge in [0, 0.05) is 0 Å². The normalized spacial score (nSPS) is 29.5. The Morgan fingerprint density at radius 1 is 0.706 bits per heavy atom. The van der Waals surface area contributed by atoms with Gasteiger partial charge in [0.15, 0.2) is 0 Å². The van der Waals surface area contributed by atoms with Gasteiger partial charge in [-0.25, -0.2) is 0 Å². The van der Waals surface area contributed by atoms with Crippen LogP contribution in [0, 0.1) is 17.8 Å². The van der Waals surface area contributed by atoms with Gasteiger partial charge in [-0.15, -0.1) is 0 Å². The van der Waals surface area contributed by atoms with Crippen LogP contribution >= 0.6 is 0 Å². The average Bonchev–Trinajstić information content (AvgIpc) is 2.35. The van der Waals surface area contributed by atoms with Gasteiger partial charge in [-0.05, 0) is 30.6 Å². The quantitative estimate of drug-likeness (QED) is 0.472. The second-order valence-corrected chi connectivity index (χ2v) is 6.27. The molecule has 1 aliphatic carbocycles. The minimum absolute atomic E-state index is 1.07. The smallest absolute Gasteiger partial charge is 0.0383 e. The second kappa shape index (κ2) is 9.00. The predicted molar refractivity (Wildman–Crippen MR) is 78.3 cm³/mol. The van der Waals surface area contributed by atoms with E-state index in [1.54, 1.807) is 12.8 Å². The zero-order valence-corrected chi connectivity index (χ0v) is 12.5. The summed E-state index contributed by atoms with van der Waals surface area (Å²) >= 11 is 0. The fraction of sp³-hybridized carbons (Fsp3) is 1.00. The molecule has 0 nitrogen and oxygen atoms in total. The topological polar surface area (TPSA) is 0 Å². The van der Waals surface area contributed by atoms with Gasteiger partial charge in [-0.2, -0.15) is 0 Å². The molecular formula is C17H34. The first kappa shape index (κ1) is 15.1. The van der Waals surface area contributed by atoms with E-state index in [1.165, 1.54) is 57.8 Å². The molecule has 0 radical (unpaired) electrons. The molecule has 3 unspecified atom stereocenters. The molecule has 102 valence electrons. The SMILES string of the molecule is CCCCC1CCC(CCC)CC1CCCC. The van der Waals surface area contributed by atoms with E-state index in [2.05, 4.69) is 20.8 Å². The van der Waals surface area contributed by atoms with Crippen LogP contribution in [-0.4, -0.2) is 0 Å². The molecule has 0 heterocycles. The highest BCUT2D eigenvalue weighted by atomic mass is 14.3. The maximum absolute atomic E-state index is 2.35. The fourth-order valence-corrected chi connectivity index (χ4v) is 3.76. The summed E-state index contributed by atoms with van der Waals surface area (Å²) in [6.45, 7) is 7.03. The van der Waals surface area contributed by atoms with Crippen LogP contribution in [0.4, 0.5) is 0 Å². The van der Waals surface area contributed by atoms with Crippen molar-refractivity contribution in [1.29, 1.82) is 0 Å². The number of hydrogen-bond donors (Lipinski definition) is 0. The molecule has 0 saturated heterocycles. The van der Waals surface area contributed by atoms with Crippen LogP contribution in [0.5, 0.6) is 0 Å². The summed E-state index contributed by atoms with van der Waals surface area (Å²) in [4.78, 5) is 0. The van der Waals surface area contributed by atoms with Gasteiger partial charge < -0.3 is 0 Å². The van der Waals surface area contributed by atoms with E-state index < -0.39 is 0 Å². The molecule has 1 rings (SSSR count). The molecule has 1 aliphatic rings. The third kappa shape index (κ3) is 5.44. The Morgan fingerprint density at radius 3 is 1.94 bits per heavy atom. The lowest BCUT2D eigenvalue weighted by atomic mass is 9.69. The van der Waals surface area contributed by atoms with E-state index in [9.17, 15) is 0 Å². The highest BCUT2D eigenvalue weighted by Crippen LogP contribution is 2.40. The maximum Gasteiger partial charge on any atom is -0.0383 e. The van der Waals surface area contributed by atoms with Crippen molar-refractivity contribution in [2.24, 2.45) is 17.8 Å². The van der Waals surface area contributed by atoms with Crippen molar-refractivity contribution in [3.63, 3.8) is 0 Å². The Kier molecular flexibility index (Phi) is 7.97. The molecule has 0 aromatic rings.